The molecule has 0 amide bonds. The van der Waals surface area contributed by atoms with Crippen molar-refractivity contribution >= 4 is 28.5 Å². The molecule has 0 spiro atoms. The molecule has 184 valence electrons. The van der Waals surface area contributed by atoms with Crippen molar-refractivity contribution in [2.75, 3.05) is 26.1 Å². The van der Waals surface area contributed by atoms with Crippen LogP contribution in [0.4, 0.5) is 5.69 Å². The van der Waals surface area contributed by atoms with Crippen molar-refractivity contribution in [3.05, 3.63) is 82.4 Å². The highest BCUT2D eigenvalue weighted by molar-refractivity contribution is 7.99. The smallest absolute Gasteiger partial charge is 0.265 e. The predicted octanol–water partition coefficient (Wildman–Crippen LogP) is 6.01. The minimum absolute atomic E-state index is 0.0735. The zero-order valence-electron chi connectivity index (χ0n) is 20.9. The van der Waals surface area contributed by atoms with Crippen molar-refractivity contribution in [3.8, 4) is 22.9 Å². The van der Waals surface area contributed by atoms with Crippen LogP contribution in [0.5, 0.6) is 17.2 Å². The average molecular weight is 494 g/mol. The van der Waals surface area contributed by atoms with E-state index in [9.17, 15) is 4.79 Å². The molecule has 4 rings (SSSR count). The van der Waals surface area contributed by atoms with Crippen molar-refractivity contribution in [1.29, 1.82) is 0 Å². The number of aryl methyl sites for hydroxylation is 1. The lowest BCUT2D eigenvalue weighted by Crippen LogP contribution is -2.22. The van der Waals surface area contributed by atoms with Crippen molar-refractivity contribution in [1.82, 2.24) is 9.55 Å². The Morgan fingerprint density at radius 2 is 1.54 bits per heavy atom. The summed E-state index contributed by atoms with van der Waals surface area (Å²) >= 11 is 1.54. The van der Waals surface area contributed by atoms with Crippen LogP contribution < -0.4 is 24.5 Å². The normalized spacial score (nSPS) is 10.3. The van der Waals surface area contributed by atoms with Crippen molar-refractivity contribution in [2.24, 2.45) is 0 Å². The number of para-hydroxylation sites is 1. The molecule has 0 aliphatic heterocycles. The highest BCUT2D eigenvalue weighted by Crippen LogP contribution is 2.39. The second-order valence-corrected chi connectivity index (χ2v) is 8.07. The van der Waals surface area contributed by atoms with Crippen LogP contribution in [0.2, 0.25) is 0 Å². The van der Waals surface area contributed by atoms with E-state index in [0.29, 0.717) is 39.7 Å². The van der Waals surface area contributed by atoms with Crippen LogP contribution in [-0.4, -0.2) is 30.9 Å². The molecule has 35 heavy (non-hydrogen) atoms. The van der Waals surface area contributed by atoms with Gasteiger partial charge in [0.1, 0.15) is 5.82 Å². The van der Waals surface area contributed by atoms with Gasteiger partial charge in [-0.3, -0.25) is 9.36 Å². The number of hydrogen-bond donors (Lipinski definition) is 1. The maximum atomic E-state index is 13.0. The number of hydrogen-bond acceptors (Lipinski definition) is 7. The fourth-order valence-corrected chi connectivity index (χ4v) is 4.36. The summed E-state index contributed by atoms with van der Waals surface area (Å²) in [5.74, 6) is 3.16. The van der Waals surface area contributed by atoms with Crippen molar-refractivity contribution in [2.45, 2.75) is 26.5 Å². The number of nitrogens with zero attached hydrogens (tertiary/aromatic N) is 2. The van der Waals surface area contributed by atoms with Crippen LogP contribution in [-0.2, 0) is 5.75 Å². The lowest BCUT2D eigenvalue weighted by atomic mass is 10.2. The van der Waals surface area contributed by atoms with Gasteiger partial charge in [-0.25, -0.2) is 4.98 Å². The largest absolute Gasteiger partial charge is 0.493 e. The van der Waals surface area contributed by atoms with E-state index < -0.39 is 0 Å². The number of methoxy groups -OCH3 is 3. The molecule has 0 unspecified atom stereocenters. The summed E-state index contributed by atoms with van der Waals surface area (Å²) < 4.78 is 21.2. The van der Waals surface area contributed by atoms with Gasteiger partial charge < -0.3 is 18.9 Å². The molecular formula is C27H31N3O4S. The van der Waals surface area contributed by atoms with E-state index >= 15 is 0 Å². The summed E-state index contributed by atoms with van der Waals surface area (Å²) in [4.78, 5) is 17.6. The molecule has 0 bridgehead atoms. The summed E-state index contributed by atoms with van der Waals surface area (Å²) in [5, 5.41) is 0.603. The zero-order valence-corrected chi connectivity index (χ0v) is 21.7. The second kappa shape index (κ2) is 12.2. The maximum Gasteiger partial charge on any atom is 0.265 e. The fraction of sp³-hybridized carbons (Fsp3) is 0.259. The zero-order chi connectivity index (χ0) is 25.4. The minimum atomic E-state index is -0.0735. The van der Waals surface area contributed by atoms with Crippen LogP contribution in [0.1, 0.15) is 25.2 Å². The molecule has 0 aliphatic rings. The van der Waals surface area contributed by atoms with E-state index in [1.807, 2.05) is 75.4 Å². The first kappa shape index (κ1) is 26.0. The van der Waals surface area contributed by atoms with Gasteiger partial charge in [-0.15, -0.1) is 0 Å². The van der Waals surface area contributed by atoms with Gasteiger partial charge in [-0.1, -0.05) is 26.0 Å². The van der Waals surface area contributed by atoms with Gasteiger partial charge in [0, 0.05) is 11.4 Å². The van der Waals surface area contributed by atoms with Gasteiger partial charge in [0.15, 0.2) is 11.5 Å². The molecule has 3 aromatic carbocycles. The van der Waals surface area contributed by atoms with E-state index in [-0.39, 0.29) is 5.56 Å². The van der Waals surface area contributed by atoms with E-state index in [2.05, 4.69) is 9.71 Å². The Balaban J connectivity index is 0.00000167. The molecule has 1 N–H and O–H groups in total. The molecule has 8 heteroatoms. The van der Waals surface area contributed by atoms with Gasteiger partial charge in [-0.05, 0) is 73.0 Å². The first-order valence-corrected chi connectivity index (χ1v) is 12.3. The van der Waals surface area contributed by atoms with Crippen LogP contribution in [0.15, 0.2) is 65.5 Å². The summed E-state index contributed by atoms with van der Waals surface area (Å²) in [6.45, 7) is 5.84. The Kier molecular flexibility index (Phi) is 9.03. The Morgan fingerprint density at radius 1 is 0.914 bits per heavy atom. The summed E-state index contributed by atoms with van der Waals surface area (Å²) in [6, 6.07) is 19.0. The molecule has 0 aliphatic carbocycles. The van der Waals surface area contributed by atoms with Gasteiger partial charge in [0.2, 0.25) is 5.75 Å². The van der Waals surface area contributed by atoms with E-state index in [1.54, 1.807) is 32.0 Å². The van der Waals surface area contributed by atoms with Crippen LogP contribution in [0, 0.1) is 6.92 Å². The van der Waals surface area contributed by atoms with E-state index in [1.165, 1.54) is 11.9 Å². The molecule has 7 nitrogen and oxygen atoms in total. The summed E-state index contributed by atoms with van der Waals surface area (Å²) in [7, 11) is 4.79. The number of anilines is 1. The third kappa shape index (κ3) is 5.71. The minimum Gasteiger partial charge on any atom is -0.493 e. The average Bonchev–Trinajstić information content (AvgIpc) is 2.90. The molecule has 0 saturated carbocycles. The number of aromatic nitrogens is 2. The number of fused-ring (bicyclic) bond motifs is 1. The molecule has 4 aromatic rings. The molecule has 0 atom stereocenters. The molecule has 0 radical (unpaired) electrons. The van der Waals surface area contributed by atoms with Crippen LogP contribution in [0.25, 0.3) is 16.6 Å². The number of rotatable bonds is 8. The lowest BCUT2D eigenvalue weighted by Gasteiger charge is -2.14. The first-order chi connectivity index (χ1) is 17.0. The highest BCUT2D eigenvalue weighted by atomic mass is 32.2. The Bertz CT molecular complexity index is 1310. The van der Waals surface area contributed by atoms with E-state index in [0.717, 1.165) is 16.9 Å². The second-order valence-electron chi connectivity index (χ2n) is 7.29. The Morgan fingerprint density at radius 3 is 2.14 bits per heavy atom. The SMILES string of the molecule is CC.COc1cc(CSNc2ccc(-n3c(C)nc4ccccc4c3=O)cc2)cc(OC)c1OC. The van der Waals surface area contributed by atoms with Crippen molar-refractivity contribution in [3.63, 3.8) is 0 Å². The monoisotopic (exact) mass is 493 g/mol. The van der Waals surface area contributed by atoms with E-state index in [4.69, 9.17) is 14.2 Å². The third-order valence-electron chi connectivity index (χ3n) is 5.22. The quantitative estimate of drug-likeness (QED) is 0.301. The molecule has 0 saturated heterocycles. The number of benzene rings is 3. The molecule has 1 aromatic heterocycles. The highest BCUT2D eigenvalue weighted by Gasteiger charge is 2.13. The molecular weight excluding hydrogens is 462 g/mol. The maximum absolute atomic E-state index is 13.0. The topological polar surface area (TPSA) is 74.6 Å². The van der Waals surface area contributed by atoms with Crippen LogP contribution >= 0.6 is 11.9 Å². The molecule has 0 fully saturated rings. The fourth-order valence-electron chi connectivity index (χ4n) is 3.65. The summed E-state index contributed by atoms with van der Waals surface area (Å²) in [5.41, 5.74) is 3.36. The van der Waals surface area contributed by atoms with Crippen LogP contribution in [0.3, 0.4) is 0 Å². The third-order valence-corrected chi connectivity index (χ3v) is 6.08. The molecule has 1 heterocycles. The Hall–Kier alpha value is -3.65. The van der Waals surface area contributed by atoms with Crippen molar-refractivity contribution < 1.29 is 14.2 Å². The summed E-state index contributed by atoms with van der Waals surface area (Å²) in [6.07, 6.45) is 0. The first-order valence-electron chi connectivity index (χ1n) is 11.3. The van der Waals surface area contributed by atoms with Gasteiger partial charge in [0.25, 0.3) is 5.56 Å². The lowest BCUT2D eigenvalue weighted by molar-refractivity contribution is 0.324. The predicted molar refractivity (Wildman–Crippen MR) is 144 cm³/mol. The Labute approximate surface area is 210 Å². The number of ether oxygens (including phenoxy) is 3. The van der Waals surface area contributed by atoms with Gasteiger partial charge in [0.05, 0.1) is 37.9 Å². The number of nitrogens with one attached hydrogen (secondary N) is 1. The van der Waals surface area contributed by atoms with Gasteiger partial charge >= 0.3 is 0 Å². The standard InChI is InChI=1S/C25H25N3O4S.C2H6/c1-16-26-21-8-6-5-7-20(21)25(29)28(16)19-11-9-18(10-12-19)27-33-15-17-13-22(30-2)24(32-4)23(14-17)31-3;1-2/h5-14,27H,15H2,1-4H3;1-2H3. The van der Waals surface area contributed by atoms with Gasteiger partial charge in [-0.2, -0.15) is 0 Å².